The predicted octanol–water partition coefficient (Wildman–Crippen LogP) is 4.15. The van der Waals surface area contributed by atoms with Crippen LogP contribution < -0.4 is 5.56 Å². The van der Waals surface area contributed by atoms with Crippen LogP contribution in [0, 0.1) is 10.1 Å². The highest BCUT2D eigenvalue weighted by molar-refractivity contribution is 7.19. The Hall–Kier alpha value is -4.44. The van der Waals surface area contributed by atoms with Crippen molar-refractivity contribution in [1.82, 2.24) is 19.8 Å². The molecule has 5 rings (SSSR count). The number of rotatable bonds is 4. The first-order valence-corrected chi connectivity index (χ1v) is 10.2. The van der Waals surface area contributed by atoms with Crippen molar-refractivity contribution < 1.29 is 10.0 Å². The van der Waals surface area contributed by atoms with Crippen molar-refractivity contribution in [2.24, 2.45) is 0 Å². The topological polar surface area (TPSA) is 124 Å². The highest BCUT2D eigenvalue weighted by atomic mass is 32.1. The summed E-state index contributed by atoms with van der Waals surface area (Å²) < 4.78 is 1.12. The molecule has 0 saturated carbocycles. The second-order valence-electron chi connectivity index (χ2n) is 6.85. The second-order valence-corrected chi connectivity index (χ2v) is 7.81. The quantitative estimate of drug-likeness (QED) is 0.327. The molecule has 2 heterocycles. The zero-order chi connectivity index (χ0) is 22.2. The number of phenolic OH excluding ortho intramolecular Hbond substituents is 1. The number of benzene rings is 3. The first kappa shape index (κ1) is 19.5. The Balaban J connectivity index is 1.57. The second kappa shape index (κ2) is 7.67. The van der Waals surface area contributed by atoms with Crippen LogP contribution in [0.15, 0.2) is 65.5 Å². The van der Waals surface area contributed by atoms with Gasteiger partial charge in [-0.25, -0.2) is 0 Å². The molecule has 0 aliphatic rings. The van der Waals surface area contributed by atoms with E-state index in [2.05, 4.69) is 15.3 Å². The summed E-state index contributed by atoms with van der Waals surface area (Å²) in [4.78, 5) is 23.7. The molecule has 0 amide bonds. The summed E-state index contributed by atoms with van der Waals surface area (Å²) in [6.07, 6.45) is 3.10. The minimum Gasteiger partial charge on any atom is -0.507 e. The van der Waals surface area contributed by atoms with E-state index in [1.165, 1.54) is 18.2 Å². The lowest BCUT2D eigenvalue weighted by Gasteiger charge is -2.04. The molecule has 3 aromatic carbocycles. The molecule has 10 heteroatoms. The number of non-ortho nitro benzene ring substituents is 1. The Bertz CT molecular complexity index is 1610. The van der Waals surface area contributed by atoms with E-state index in [4.69, 9.17) is 0 Å². The van der Waals surface area contributed by atoms with E-state index in [0.29, 0.717) is 16.1 Å². The van der Waals surface area contributed by atoms with Crippen molar-refractivity contribution in [2.45, 2.75) is 0 Å². The van der Waals surface area contributed by atoms with E-state index in [9.17, 15) is 20.0 Å². The maximum atomic E-state index is 12.9. The number of nitrogens with zero attached hydrogens (tertiary/aromatic N) is 5. The van der Waals surface area contributed by atoms with Crippen molar-refractivity contribution in [3.8, 4) is 16.3 Å². The fourth-order valence-electron chi connectivity index (χ4n) is 3.32. The van der Waals surface area contributed by atoms with Gasteiger partial charge in [0, 0.05) is 23.3 Å². The highest BCUT2D eigenvalue weighted by Gasteiger charge is 2.14. The highest BCUT2D eigenvalue weighted by Crippen LogP contribution is 2.29. The van der Waals surface area contributed by atoms with Gasteiger partial charge in [-0.2, -0.15) is 9.61 Å². The van der Waals surface area contributed by atoms with Gasteiger partial charge in [0.1, 0.15) is 10.8 Å². The molecular weight excluding hydrogens is 430 g/mol. The van der Waals surface area contributed by atoms with Crippen LogP contribution in [0.4, 0.5) is 5.69 Å². The molecule has 0 radical (unpaired) electrons. The first-order chi connectivity index (χ1) is 15.5. The van der Waals surface area contributed by atoms with Gasteiger partial charge in [0.05, 0.1) is 4.92 Å². The number of hydrogen-bond donors (Lipinski definition) is 1. The minimum atomic E-state index is -0.492. The minimum absolute atomic E-state index is 0.0470. The largest absolute Gasteiger partial charge is 0.507 e. The summed E-state index contributed by atoms with van der Waals surface area (Å²) in [7, 11) is 0. The van der Waals surface area contributed by atoms with Crippen molar-refractivity contribution in [2.75, 3.05) is 0 Å². The Kier molecular flexibility index (Phi) is 4.68. The normalized spacial score (nSPS) is 11.5. The maximum absolute atomic E-state index is 12.9. The Morgan fingerprint density at radius 2 is 1.88 bits per heavy atom. The third-order valence-electron chi connectivity index (χ3n) is 4.87. The number of fused-ring (bicyclic) bond motifs is 2. The van der Waals surface area contributed by atoms with Crippen LogP contribution >= 0.6 is 11.3 Å². The summed E-state index contributed by atoms with van der Waals surface area (Å²) >= 11 is 1.10. The number of aromatic nitrogens is 4. The molecule has 1 N–H and O–H groups in total. The lowest BCUT2D eigenvalue weighted by molar-refractivity contribution is -0.384. The Labute approximate surface area is 183 Å². The lowest BCUT2D eigenvalue weighted by atomic mass is 10.0. The van der Waals surface area contributed by atoms with Crippen LogP contribution in [0.5, 0.6) is 5.75 Å². The average molecular weight is 443 g/mol. The van der Waals surface area contributed by atoms with E-state index in [1.807, 2.05) is 30.3 Å². The zero-order valence-electron chi connectivity index (χ0n) is 16.2. The summed E-state index contributed by atoms with van der Waals surface area (Å²) in [5.74, 6) is 0.0794. The smallest absolute Gasteiger partial charge is 0.301 e. The van der Waals surface area contributed by atoms with E-state index in [1.54, 1.807) is 24.3 Å². The van der Waals surface area contributed by atoms with Gasteiger partial charge in [0.25, 0.3) is 5.69 Å². The summed E-state index contributed by atoms with van der Waals surface area (Å²) in [5.41, 5.74) is 0.556. The molecule has 0 aliphatic heterocycles. The number of hydrogen-bond acceptors (Lipinski definition) is 8. The van der Waals surface area contributed by atoms with E-state index in [0.717, 1.165) is 26.6 Å². The van der Waals surface area contributed by atoms with Gasteiger partial charge in [-0.3, -0.25) is 14.9 Å². The molecule has 0 saturated heterocycles. The monoisotopic (exact) mass is 443 g/mol. The molecule has 0 aliphatic carbocycles. The summed E-state index contributed by atoms with van der Waals surface area (Å²) in [6, 6.07) is 17.0. The fraction of sp³-hybridized carbons (Fsp3) is 0. The van der Waals surface area contributed by atoms with Crippen molar-refractivity contribution >= 4 is 44.9 Å². The van der Waals surface area contributed by atoms with Gasteiger partial charge in [-0.1, -0.05) is 53.8 Å². The molecule has 0 atom stereocenters. The SMILES string of the molecule is O=c1c(/C=C/c2c(O)ccc3ccccc23)nnc2sc(-c3cccc([N+](=O)[O-])c3)nn12. The van der Waals surface area contributed by atoms with Crippen molar-refractivity contribution in [1.29, 1.82) is 0 Å². The maximum Gasteiger partial charge on any atom is 0.301 e. The molecule has 32 heavy (non-hydrogen) atoms. The lowest BCUT2D eigenvalue weighted by Crippen LogP contribution is -2.19. The van der Waals surface area contributed by atoms with Gasteiger partial charge in [0.2, 0.25) is 4.96 Å². The number of nitro benzene ring substituents is 1. The molecule has 0 fully saturated rings. The van der Waals surface area contributed by atoms with Crippen LogP contribution in [0.25, 0.3) is 38.5 Å². The van der Waals surface area contributed by atoms with E-state index >= 15 is 0 Å². The average Bonchev–Trinajstić information content (AvgIpc) is 3.25. The van der Waals surface area contributed by atoms with Crippen LogP contribution in [-0.4, -0.2) is 29.8 Å². The van der Waals surface area contributed by atoms with Gasteiger partial charge in [-0.15, -0.1) is 10.2 Å². The molecule has 2 aromatic heterocycles. The number of nitro groups is 1. The third kappa shape index (κ3) is 3.38. The Morgan fingerprint density at radius 1 is 1.03 bits per heavy atom. The van der Waals surface area contributed by atoms with Crippen LogP contribution in [0.3, 0.4) is 0 Å². The van der Waals surface area contributed by atoms with Crippen LogP contribution in [-0.2, 0) is 0 Å². The summed E-state index contributed by atoms with van der Waals surface area (Å²) in [6.45, 7) is 0. The fourth-order valence-corrected chi connectivity index (χ4v) is 4.15. The molecule has 0 spiro atoms. The predicted molar refractivity (Wildman–Crippen MR) is 122 cm³/mol. The standard InChI is InChI=1S/C22H13N5O4S/c28-19-11-8-13-4-1-2-7-16(13)17(19)9-10-18-21(29)26-22(24-23-18)32-20(25-26)14-5-3-6-15(12-14)27(30)31/h1-12,28H/b10-9+. The van der Waals surface area contributed by atoms with Crippen LogP contribution in [0.2, 0.25) is 0 Å². The van der Waals surface area contributed by atoms with E-state index in [-0.39, 0.29) is 22.1 Å². The zero-order valence-corrected chi connectivity index (χ0v) is 17.1. The van der Waals surface area contributed by atoms with Crippen molar-refractivity contribution in [3.05, 3.63) is 92.4 Å². The first-order valence-electron chi connectivity index (χ1n) is 9.41. The van der Waals surface area contributed by atoms with Gasteiger partial charge < -0.3 is 5.11 Å². The van der Waals surface area contributed by atoms with E-state index < -0.39 is 10.5 Å². The molecule has 0 unspecified atom stereocenters. The molecule has 9 nitrogen and oxygen atoms in total. The molecule has 5 aromatic rings. The molecule has 156 valence electrons. The van der Waals surface area contributed by atoms with Crippen molar-refractivity contribution in [3.63, 3.8) is 0 Å². The molecule has 0 bridgehead atoms. The van der Waals surface area contributed by atoms with Crippen LogP contribution in [0.1, 0.15) is 11.3 Å². The summed E-state index contributed by atoms with van der Waals surface area (Å²) in [5, 5.41) is 35.9. The van der Waals surface area contributed by atoms with Gasteiger partial charge in [-0.05, 0) is 29.0 Å². The number of phenols is 1. The van der Waals surface area contributed by atoms with Gasteiger partial charge in [0.15, 0.2) is 5.69 Å². The molecular formula is C22H13N5O4S. The third-order valence-corrected chi connectivity index (χ3v) is 5.82. The Morgan fingerprint density at radius 3 is 2.72 bits per heavy atom. The van der Waals surface area contributed by atoms with Gasteiger partial charge >= 0.3 is 5.56 Å². The number of aromatic hydroxyl groups is 1.